The van der Waals surface area contributed by atoms with E-state index in [0.717, 1.165) is 26.0 Å². The number of hydrogen-bond acceptors (Lipinski definition) is 2. The SMILES string of the molecule is CCNC(Cc1c(C)cccc1C)C1CCOC1CC. The van der Waals surface area contributed by atoms with Gasteiger partial charge >= 0.3 is 0 Å². The van der Waals surface area contributed by atoms with Gasteiger partial charge in [0.15, 0.2) is 0 Å². The van der Waals surface area contributed by atoms with Crippen molar-refractivity contribution in [3.63, 3.8) is 0 Å². The van der Waals surface area contributed by atoms with E-state index >= 15 is 0 Å². The van der Waals surface area contributed by atoms with E-state index in [1.807, 2.05) is 0 Å². The third-order valence-electron chi connectivity index (χ3n) is 4.71. The van der Waals surface area contributed by atoms with E-state index in [0.29, 0.717) is 18.1 Å². The number of aryl methyl sites for hydroxylation is 2. The van der Waals surface area contributed by atoms with Crippen molar-refractivity contribution in [2.24, 2.45) is 5.92 Å². The van der Waals surface area contributed by atoms with Gasteiger partial charge in [0.05, 0.1) is 6.10 Å². The van der Waals surface area contributed by atoms with E-state index in [2.05, 4.69) is 51.2 Å². The standard InChI is InChI=1S/C18H29NO/c1-5-18-15(10-11-20-18)17(19-6-2)12-16-13(3)8-7-9-14(16)4/h7-9,15,17-19H,5-6,10-12H2,1-4H3. The molecule has 2 rings (SSSR count). The summed E-state index contributed by atoms with van der Waals surface area (Å²) in [7, 11) is 0. The zero-order valence-corrected chi connectivity index (χ0v) is 13.4. The zero-order chi connectivity index (χ0) is 14.5. The first-order valence-corrected chi connectivity index (χ1v) is 8.07. The van der Waals surface area contributed by atoms with Crippen LogP contribution < -0.4 is 5.32 Å². The lowest BCUT2D eigenvalue weighted by Gasteiger charge is -2.29. The zero-order valence-electron chi connectivity index (χ0n) is 13.4. The molecule has 3 unspecified atom stereocenters. The van der Waals surface area contributed by atoms with Gasteiger partial charge in [-0.05, 0) is 56.3 Å². The van der Waals surface area contributed by atoms with Crippen LogP contribution in [0.25, 0.3) is 0 Å². The van der Waals surface area contributed by atoms with Gasteiger partial charge in [-0.25, -0.2) is 0 Å². The van der Waals surface area contributed by atoms with Crippen LogP contribution in [-0.2, 0) is 11.2 Å². The predicted molar refractivity (Wildman–Crippen MR) is 85.2 cm³/mol. The summed E-state index contributed by atoms with van der Waals surface area (Å²) in [6, 6.07) is 7.15. The Hall–Kier alpha value is -0.860. The van der Waals surface area contributed by atoms with Crippen LogP contribution in [0.4, 0.5) is 0 Å². The molecule has 0 aromatic heterocycles. The molecule has 112 valence electrons. The second kappa shape index (κ2) is 7.24. The molecule has 1 saturated heterocycles. The maximum atomic E-state index is 5.90. The van der Waals surface area contributed by atoms with Crippen LogP contribution in [0.2, 0.25) is 0 Å². The first-order valence-electron chi connectivity index (χ1n) is 8.07. The fourth-order valence-corrected chi connectivity index (χ4v) is 3.57. The summed E-state index contributed by atoms with van der Waals surface area (Å²) in [6.45, 7) is 10.9. The lowest BCUT2D eigenvalue weighted by Crippen LogP contribution is -2.41. The largest absolute Gasteiger partial charge is 0.378 e. The molecule has 0 aliphatic carbocycles. The van der Waals surface area contributed by atoms with Gasteiger partial charge in [-0.15, -0.1) is 0 Å². The molecule has 0 radical (unpaired) electrons. The first kappa shape index (κ1) is 15.5. The van der Waals surface area contributed by atoms with Crippen molar-refractivity contribution in [3.05, 3.63) is 34.9 Å². The Balaban J connectivity index is 2.17. The number of nitrogens with one attached hydrogen (secondary N) is 1. The molecule has 0 bridgehead atoms. The molecular weight excluding hydrogens is 246 g/mol. The summed E-state index contributed by atoms with van der Waals surface area (Å²) in [5.41, 5.74) is 4.35. The smallest absolute Gasteiger partial charge is 0.0616 e. The van der Waals surface area contributed by atoms with Crippen LogP contribution in [0.1, 0.15) is 43.4 Å². The lowest BCUT2D eigenvalue weighted by molar-refractivity contribution is 0.0776. The molecule has 1 N–H and O–H groups in total. The average Bonchev–Trinajstić information content (AvgIpc) is 2.90. The van der Waals surface area contributed by atoms with E-state index in [1.54, 1.807) is 0 Å². The predicted octanol–water partition coefficient (Wildman–Crippen LogP) is 3.64. The minimum Gasteiger partial charge on any atom is -0.378 e. The summed E-state index contributed by atoms with van der Waals surface area (Å²) in [4.78, 5) is 0. The maximum absolute atomic E-state index is 5.90. The molecule has 1 aromatic carbocycles. The number of rotatable bonds is 6. The van der Waals surface area contributed by atoms with Gasteiger partial charge in [0, 0.05) is 18.6 Å². The van der Waals surface area contributed by atoms with Gasteiger partial charge in [-0.1, -0.05) is 32.0 Å². The molecule has 1 aliphatic heterocycles. The summed E-state index contributed by atoms with van der Waals surface area (Å²) in [5.74, 6) is 0.652. The Morgan fingerprint density at radius 2 is 1.95 bits per heavy atom. The topological polar surface area (TPSA) is 21.3 Å². The van der Waals surface area contributed by atoms with Crippen molar-refractivity contribution < 1.29 is 4.74 Å². The Kier molecular flexibility index (Phi) is 5.62. The maximum Gasteiger partial charge on any atom is 0.0616 e. The van der Waals surface area contributed by atoms with Gasteiger partial charge in [-0.3, -0.25) is 0 Å². The van der Waals surface area contributed by atoms with E-state index < -0.39 is 0 Å². The Morgan fingerprint density at radius 3 is 2.55 bits per heavy atom. The van der Waals surface area contributed by atoms with Crippen LogP contribution in [0.5, 0.6) is 0 Å². The second-order valence-corrected chi connectivity index (χ2v) is 6.01. The fourth-order valence-electron chi connectivity index (χ4n) is 3.57. The minimum absolute atomic E-state index is 0.434. The van der Waals surface area contributed by atoms with Crippen molar-refractivity contribution in [3.8, 4) is 0 Å². The monoisotopic (exact) mass is 275 g/mol. The summed E-state index contributed by atoms with van der Waals surface area (Å²) in [5, 5.41) is 3.71. The van der Waals surface area contributed by atoms with E-state index in [4.69, 9.17) is 4.74 Å². The highest BCUT2D eigenvalue weighted by Gasteiger charge is 2.33. The summed E-state index contributed by atoms with van der Waals surface area (Å²) in [6.07, 6.45) is 3.88. The lowest BCUT2D eigenvalue weighted by atomic mass is 9.85. The van der Waals surface area contributed by atoms with Gasteiger partial charge in [-0.2, -0.15) is 0 Å². The molecule has 2 heteroatoms. The normalized spacial score (nSPS) is 24.0. The number of hydrogen-bond donors (Lipinski definition) is 1. The number of likely N-dealkylation sites (N-methyl/N-ethyl adjacent to an activating group) is 1. The summed E-state index contributed by atoms with van der Waals surface area (Å²) < 4.78 is 5.90. The highest BCUT2D eigenvalue weighted by Crippen LogP contribution is 2.29. The molecule has 0 saturated carbocycles. The van der Waals surface area contributed by atoms with E-state index in [-0.39, 0.29) is 0 Å². The highest BCUT2D eigenvalue weighted by molar-refractivity contribution is 5.34. The number of ether oxygens (including phenoxy) is 1. The van der Waals surface area contributed by atoms with Crippen molar-refractivity contribution in [2.75, 3.05) is 13.2 Å². The van der Waals surface area contributed by atoms with Crippen LogP contribution in [0.15, 0.2) is 18.2 Å². The van der Waals surface area contributed by atoms with Crippen molar-refractivity contribution >= 4 is 0 Å². The minimum atomic E-state index is 0.434. The van der Waals surface area contributed by atoms with Gasteiger partial charge in [0.25, 0.3) is 0 Å². The fraction of sp³-hybridized carbons (Fsp3) is 0.667. The van der Waals surface area contributed by atoms with Crippen molar-refractivity contribution in [2.45, 2.75) is 59.1 Å². The van der Waals surface area contributed by atoms with Crippen molar-refractivity contribution in [1.82, 2.24) is 5.32 Å². The molecule has 0 spiro atoms. The molecule has 0 amide bonds. The second-order valence-electron chi connectivity index (χ2n) is 6.01. The van der Waals surface area contributed by atoms with Gasteiger partial charge in [0.1, 0.15) is 0 Å². The Labute approximate surface area is 123 Å². The van der Waals surface area contributed by atoms with Crippen LogP contribution in [0.3, 0.4) is 0 Å². The van der Waals surface area contributed by atoms with Crippen LogP contribution in [0, 0.1) is 19.8 Å². The molecule has 1 aliphatic rings. The average molecular weight is 275 g/mol. The third kappa shape index (κ3) is 3.42. The number of benzene rings is 1. The van der Waals surface area contributed by atoms with Crippen molar-refractivity contribution in [1.29, 1.82) is 0 Å². The van der Waals surface area contributed by atoms with Crippen LogP contribution in [-0.4, -0.2) is 25.3 Å². The Bertz CT molecular complexity index is 409. The van der Waals surface area contributed by atoms with E-state index in [1.165, 1.54) is 23.1 Å². The quantitative estimate of drug-likeness (QED) is 0.856. The molecule has 1 heterocycles. The molecule has 1 fully saturated rings. The van der Waals surface area contributed by atoms with Crippen LogP contribution >= 0.6 is 0 Å². The molecule has 20 heavy (non-hydrogen) atoms. The molecule has 1 aromatic rings. The van der Waals surface area contributed by atoms with Gasteiger partial charge in [0.2, 0.25) is 0 Å². The van der Waals surface area contributed by atoms with Gasteiger partial charge < -0.3 is 10.1 Å². The highest BCUT2D eigenvalue weighted by atomic mass is 16.5. The summed E-state index contributed by atoms with van der Waals surface area (Å²) >= 11 is 0. The third-order valence-corrected chi connectivity index (χ3v) is 4.71. The molecule has 3 atom stereocenters. The molecular formula is C18H29NO. The molecule has 2 nitrogen and oxygen atoms in total. The van der Waals surface area contributed by atoms with E-state index in [9.17, 15) is 0 Å². The Morgan fingerprint density at radius 1 is 1.25 bits per heavy atom. The first-order chi connectivity index (χ1) is 9.67.